The predicted molar refractivity (Wildman–Crippen MR) is 127 cm³/mol. The van der Waals surface area contributed by atoms with Gasteiger partial charge in [-0.25, -0.2) is 17.6 Å². The van der Waals surface area contributed by atoms with Crippen LogP contribution in [0.2, 0.25) is 0 Å². The van der Waals surface area contributed by atoms with Crippen molar-refractivity contribution >= 4 is 27.4 Å². The van der Waals surface area contributed by atoms with Crippen molar-refractivity contribution in [2.75, 3.05) is 34.8 Å². The second kappa shape index (κ2) is 9.23. The zero-order chi connectivity index (χ0) is 25.3. The fraction of sp³-hybridized carbons (Fsp3) is 0.333. The van der Waals surface area contributed by atoms with E-state index in [4.69, 9.17) is 9.26 Å². The third kappa shape index (κ3) is 4.61. The van der Waals surface area contributed by atoms with Gasteiger partial charge >= 0.3 is 6.09 Å². The molecule has 186 valence electrons. The number of nitrogens with one attached hydrogen (secondary N) is 1. The van der Waals surface area contributed by atoms with Crippen LogP contribution >= 0.6 is 0 Å². The number of cyclic esters (lactones) is 1. The molecule has 2 fully saturated rings. The molecule has 0 saturated carbocycles. The van der Waals surface area contributed by atoms with E-state index in [1.807, 2.05) is 0 Å². The van der Waals surface area contributed by atoms with Gasteiger partial charge in [0.15, 0.2) is 5.82 Å². The van der Waals surface area contributed by atoms with Crippen molar-refractivity contribution in [3.05, 3.63) is 60.4 Å². The second-order valence-corrected chi connectivity index (χ2v) is 11.1. The molecule has 36 heavy (non-hydrogen) atoms. The normalized spacial score (nSPS) is 20.5. The van der Waals surface area contributed by atoms with Crippen molar-refractivity contribution < 1.29 is 26.9 Å². The van der Waals surface area contributed by atoms with E-state index >= 15 is 4.39 Å². The first-order valence-electron chi connectivity index (χ1n) is 11.3. The van der Waals surface area contributed by atoms with Crippen molar-refractivity contribution in [1.82, 2.24) is 10.1 Å². The lowest BCUT2D eigenvalue weighted by molar-refractivity contribution is 0.147. The highest BCUT2D eigenvalue weighted by atomic mass is 32.2. The molecule has 0 unspecified atom stereocenters. The molecule has 1 aromatic carbocycles. The van der Waals surface area contributed by atoms with E-state index < -0.39 is 33.3 Å². The Morgan fingerprint density at radius 3 is 2.67 bits per heavy atom. The van der Waals surface area contributed by atoms with E-state index in [0.29, 0.717) is 29.3 Å². The number of carbonyl (C=O) groups excluding carboxylic acids is 1. The highest BCUT2D eigenvalue weighted by molar-refractivity contribution is 7.91. The lowest BCUT2D eigenvalue weighted by Gasteiger charge is -2.29. The van der Waals surface area contributed by atoms with Gasteiger partial charge in [0, 0.05) is 23.4 Å². The Labute approximate surface area is 206 Å². The first-order valence-corrected chi connectivity index (χ1v) is 13.1. The van der Waals surface area contributed by atoms with E-state index in [2.05, 4.69) is 21.5 Å². The van der Waals surface area contributed by atoms with Gasteiger partial charge in [0.2, 0.25) is 0 Å². The van der Waals surface area contributed by atoms with Gasteiger partial charge in [-0.1, -0.05) is 11.2 Å². The van der Waals surface area contributed by atoms with Crippen molar-refractivity contribution in [3.8, 4) is 17.2 Å². The molecule has 1 atom stereocenters. The van der Waals surface area contributed by atoms with Gasteiger partial charge in [-0.3, -0.25) is 9.88 Å². The monoisotopic (exact) mass is 511 g/mol. The van der Waals surface area contributed by atoms with Crippen LogP contribution in [0.3, 0.4) is 0 Å². The summed E-state index contributed by atoms with van der Waals surface area (Å²) >= 11 is 0. The summed E-state index contributed by atoms with van der Waals surface area (Å²) in [4.78, 5) is 18.1. The maximum absolute atomic E-state index is 15.1. The molecule has 4 heterocycles. The van der Waals surface area contributed by atoms with E-state index in [0.717, 1.165) is 0 Å². The lowest BCUT2D eigenvalue weighted by atomic mass is 9.80. The summed E-state index contributed by atoms with van der Waals surface area (Å²) in [6.07, 6.45) is 2.25. The molecular weight excluding hydrogens is 489 g/mol. The number of nitriles is 1. The summed E-state index contributed by atoms with van der Waals surface area (Å²) in [5.74, 6) is -0.140. The summed E-state index contributed by atoms with van der Waals surface area (Å²) in [5, 5.41) is 16.5. The Balaban J connectivity index is 1.29. The lowest BCUT2D eigenvalue weighted by Crippen LogP contribution is -2.36. The highest BCUT2D eigenvalue weighted by Crippen LogP contribution is 2.36. The highest BCUT2D eigenvalue weighted by Gasteiger charge is 2.40. The SMILES string of the molecule is N#CC1(c2ccc(-c3ccc(N4C[C@@H](CNc5ccon5)OC4=O)cc3F)cn2)CCS(=O)(=O)CC1. The molecule has 12 heteroatoms. The maximum atomic E-state index is 15.1. The third-order valence-electron chi connectivity index (χ3n) is 6.55. The standard InChI is InChI=1S/C24H22FN5O5S/c25-20-11-17(30-14-18(35-23(30)31)13-28-22-5-8-34-29-22)2-3-19(20)16-1-4-21(27-12-16)24(15-26)6-9-36(32,33)10-7-24/h1-5,8,11-12,18H,6-7,9-10,13-14H2,(H,28,29)/t18-/m1/s1. The number of hydrogen-bond acceptors (Lipinski definition) is 9. The third-order valence-corrected chi connectivity index (χ3v) is 8.20. The molecule has 2 aromatic heterocycles. The molecule has 3 aromatic rings. The van der Waals surface area contributed by atoms with Crippen molar-refractivity contribution in [1.29, 1.82) is 5.26 Å². The molecule has 2 saturated heterocycles. The van der Waals surface area contributed by atoms with Crippen LogP contribution in [0.25, 0.3) is 11.1 Å². The minimum absolute atomic E-state index is 0.0594. The number of halogens is 1. The van der Waals surface area contributed by atoms with Crippen molar-refractivity contribution in [2.45, 2.75) is 24.4 Å². The van der Waals surface area contributed by atoms with Crippen LogP contribution in [0.5, 0.6) is 0 Å². The van der Waals surface area contributed by atoms with Crippen LogP contribution in [0.1, 0.15) is 18.5 Å². The molecule has 0 bridgehead atoms. The summed E-state index contributed by atoms with van der Waals surface area (Å²) in [6, 6.07) is 11.6. The topological polar surface area (TPSA) is 138 Å². The van der Waals surface area contributed by atoms with Gasteiger partial charge in [-0.05, 0) is 37.1 Å². The first-order chi connectivity index (χ1) is 17.3. The van der Waals surface area contributed by atoms with Crippen LogP contribution in [-0.4, -0.2) is 55.4 Å². The summed E-state index contributed by atoms with van der Waals surface area (Å²) in [5.41, 5.74) is 0.652. The molecule has 1 amide bonds. The molecule has 2 aliphatic rings. The van der Waals surface area contributed by atoms with Crippen LogP contribution < -0.4 is 10.2 Å². The summed E-state index contributed by atoms with van der Waals surface area (Å²) < 4.78 is 48.8. The number of sulfone groups is 1. The van der Waals surface area contributed by atoms with Gasteiger partial charge in [0.1, 0.15) is 33.4 Å². The molecule has 10 nitrogen and oxygen atoms in total. The zero-order valence-electron chi connectivity index (χ0n) is 19.1. The largest absolute Gasteiger partial charge is 0.442 e. The van der Waals surface area contributed by atoms with E-state index in [-0.39, 0.29) is 36.5 Å². The summed E-state index contributed by atoms with van der Waals surface area (Å²) in [7, 11) is -3.14. The average molecular weight is 512 g/mol. The number of hydrogen-bond donors (Lipinski definition) is 1. The van der Waals surface area contributed by atoms with Crippen LogP contribution in [0.15, 0.2) is 53.4 Å². The fourth-order valence-corrected chi connectivity index (χ4v) is 5.94. The van der Waals surface area contributed by atoms with Gasteiger partial charge in [-0.2, -0.15) is 5.26 Å². The number of anilines is 2. The molecular formula is C24H22FN5O5S. The predicted octanol–water partition coefficient (Wildman–Crippen LogP) is 3.28. The van der Waals surface area contributed by atoms with Gasteiger partial charge < -0.3 is 14.6 Å². The maximum Gasteiger partial charge on any atom is 0.414 e. The van der Waals surface area contributed by atoms with Gasteiger partial charge in [-0.15, -0.1) is 0 Å². The van der Waals surface area contributed by atoms with Gasteiger partial charge in [0.25, 0.3) is 0 Å². The van der Waals surface area contributed by atoms with E-state index in [1.165, 1.54) is 23.4 Å². The molecule has 1 N–H and O–H groups in total. The number of nitrogens with zero attached hydrogens (tertiary/aromatic N) is 4. The Bertz CT molecular complexity index is 1410. The number of amides is 1. The zero-order valence-corrected chi connectivity index (χ0v) is 19.9. The Kier molecular flexibility index (Phi) is 6.09. The number of rotatable bonds is 6. The van der Waals surface area contributed by atoms with Gasteiger partial charge in [0.05, 0.1) is 42.0 Å². The molecule has 0 spiro atoms. The number of ether oxygens (including phenoxy) is 1. The Morgan fingerprint density at radius 2 is 2.03 bits per heavy atom. The number of pyridine rings is 1. The minimum atomic E-state index is -3.14. The molecule has 2 aliphatic heterocycles. The van der Waals surface area contributed by atoms with E-state index in [1.54, 1.807) is 30.3 Å². The van der Waals surface area contributed by atoms with Crippen LogP contribution in [0, 0.1) is 17.1 Å². The minimum Gasteiger partial charge on any atom is -0.442 e. The smallest absolute Gasteiger partial charge is 0.414 e. The first kappa shape index (κ1) is 23.7. The fourth-order valence-electron chi connectivity index (χ4n) is 4.41. The quantitative estimate of drug-likeness (QED) is 0.528. The van der Waals surface area contributed by atoms with Crippen molar-refractivity contribution in [2.24, 2.45) is 0 Å². The van der Waals surface area contributed by atoms with Crippen molar-refractivity contribution in [3.63, 3.8) is 0 Å². The molecule has 0 aliphatic carbocycles. The van der Waals surface area contributed by atoms with E-state index in [9.17, 15) is 18.5 Å². The number of carbonyl (C=O) groups is 1. The average Bonchev–Trinajstić information content (AvgIpc) is 3.53. The molecule has 0 radical (unpaired) electrons. The van der Waals surface area contributed by atoms with Crippen LogP contribution in [-0.2, 0) is 20.0 Å². The Morgan fingerprint density at radius 1 is 1.22 bits per heavy atom. The Hall–Kier alpha value is -3.98. The number of aromatic nitrogens is 2. The number of benzene rings is 1. The van der Waals surface area contributed by atoms with Crippen LogP contribution in [0.4, 0.5) is 20.7 Å². The second-order valence-electron chi connectivity index (χ2n) is 8.82. The molecule has 5 rings (SSSR count). The summed E-state index contributed by atoms with van der Waals surface area (Å²) in [6.45, 7) is 0.564.